The SMILES string of the molecule is CSc1ccc(Cl)cc1[N+](=O)[O-]. The lowest BCUT2D eigenvalue weighted by molar-refractivity contribution is -0.387. The van der Waals surface area contributed by atoms with E-state index < -0.39 is 4.92 Å². The number of nitrogens with zero attached hydrogens (tertiary/aromatic N) is 1. The molecular weight excluding hydrogens is 198 g/mol. The Bertz CT molecular complexity index is 316. The van der Waals surface area contributed by atoms with Gasteiger partial charge in [-0.3, -0.25) is 10.1 Å². The van der Waals surface area contributed by atoms with Crippen LogP contribution in [0.3, 0.4) is 0 Å². The molecule has 0 radical (unpaired) electrons. The lowest BCUT2D eigenvalue weighted by atomic mass is 10.3. The third kappa shape index (κ3) is 1.89. The summed E-state index contributed by atoms with van der Waals surface area (Å²) >= 11 is 6.94. The highest BCUT2D eigenvalue weighted by atomic mass is 35.5. The van der Waals surface area contributed by atoms with Crippen molar-refractivity contribution in [3.05, 3.63) is 33.3 Å². The van der Waals surface area contributed by atoms with Gasteiger partial charge < -0.3 is 0 Å². The monoisotopic (exact) mass is 203 g/mol. The van der Waals surface area contributed by atoms with Crippen LogP contribution in [0.4, 0.5) is 5.69 Å². The van der Waals surface area contributed by atoms with Crippen LogP contribution >= 0.6 is 23.4 Å². The Morgan fingerprint density at radius 1 is 1.58 bits per heavy atom. The van der Waals surface area contributed by atoms with E-state index in [1.54, 1.807) is 18.4 Å². The van der Waals surface area contributed by atoms with Crippen LogP contribution in [0, 0.1) is 10.1 Å². The highest BCUT2D eigenvalue weighted by molar-refractivity contribution is 7.98. The Hall–Kier alpha value is -0.740. The van der Waals surface area contributed by atoms with E-state index in [1.165, 1.54) is 17.8 Å². The zero-order valence-electron chi connectivity index (χ0n) is 6.28. The minimum absolute atomic E-state index is 0.0648. The third-order valence-corrected chi connectivity index (χ3v) is 2.36. The van der Waals surface area contributed by atoms with Crippen molar-refractivity contribution >= 4 is 29.1 Å². The van der Waals surface area contributed by atoms with Gasteiger partial charge in [-0.25, -0.2) is 0 Å². The normalized spacial score (nSPS) is 9.83. The molecule has 0 atom stereocenters. The van der Waals surface area contributed by atoms with Crippen LogP contribution < -0.4 is 0 Å². The van der Waals surface area contributed by atoms with Gasteiger partial charge in [-0.15, -0.1) is 11.8 Å². The molecular formula is C7H6ClNO2S. The zero-order chi connectivity index (χ0) is 9.14. The fourth-order valence-electron chi connectivity index (χ4n) is 0.806. The molecule has 1 aromatic rings. The van der Waals surface area contributed by atoms with Gasteiger partial charge in [0.1, 0.15) is 0 Å². The van der Waals surface area contributed by atoms with Crippen molar-refractivity contribution in [1.82, 2.24) is 0 Å². The van der Waals surface area contributed by atoms with E-state index in [2.05, 4.69) is 0 Å². The molecule has 1 rings (SSSR count). The molecule has 0 N–H and O–H groups in total. The lowest BCUT2D eigenvalue weighted by Crippen LogP contribution is -1.89. The van der Waals surface area contributed by atoms with Crippen LogP contribution in [0.25, 0.3) is 0 Å². The molecule has 0 saturated heterocycles. The fourth-order valence-corrected chi connectivity index (χ4v) is 1.52. The van der Waals surface area contributed by atoms with Gasteiger partial charge in [0.15, 0.2) is 0 Å². The summed E-state index contributed by atoms with van der Waals surface area (Å²) in [6, 6.07) is 4.64. The summed E-state index contributed by atoms with van der Waals surface area (Å²) < 4.78 is 0. The molecule has 0 bridgehead atoms. The molecule has 0 aliphatic rings. The van der Waals surface area contributed by atoms with Crippen LogP contribution in [0.15, 0.2) is 23.1 Å². The molecule has 1 aromatic carbocycles. The summed E-state index contributed by atoms with van der Waals surface area (Å²) in [6.07, 6.45) is 1.79. The largest absolute Gasteiger partial charge is 0.284 e. The summed E-state index contributed by atoms with van der Waals surface area (Å²) in [6.45, 7) is 0. The second-order valence-corrected chi connectivity index (χ2v) is 3.36. The van der Waals surface area contributed by atoms with E-state index in [4.69, 9.17) is 11.6 Å². The van der Waals surface area contributed by atoms with Crippen molar-refractivity contribution in [2.45, 2.75) is 4.90 Å². The Labute approximate surface area is 78.9 Å². The van der Waals surface area contributed by atoms with E-state index in [1.807, 2.05) is 0 Å². The maximum atomic E-state index is 10.5. The molecule has 0 fully saturated rings. The van der Waals surface area contributed by atoms with Gasteiger partial charge in [-0.1, -0.05) is 11.6 Å². The smallest absolute Gasteiger partial charge is 0.258 e. The van der Waals surface area contributed by atoms with Gasteiger partial charge in [0.2, 0.25) is 0 Å². The Balaban J connectivity index is 3.21. The first-order chi connectivity index (χ1) is 5.65. The van der Waals surface area contributed by atoms with Crippen LogP contribution in [0.1, 0.15) is 0 Å². The van der Waals surface area contributed by atoms with Crippen LogP contribution in [0.2, 0.25) is 5.02 Å². The van der Waals surface area contributed by atoms with E-state index in [-0.39, 0.29) is 5.69 Å². The predicted molar refractivity (Wildman–Crippen MR) is 49.9 cm³/mol. The number of hydrogen-bond acceptors (Lipinski definition) is 3. The number of nitro groups is 1. The molecule has 0 heterocycles. The Kier molecular flexibility index (Phi) is 2.94. The average molecular weight is 204 g/mol. The Morgan fingerprint density at radius 2 is 2.25 bits per heavy atom. The first-order valence-corrected chi connectivity index (χ1v) is 4.73. The molecule has 0 amide bonds. The predicted octanol–water partition coefficient (Wildman–Crippen LogP) is 2.97. The van der Waals surface area contributed by atoms with Gasteiger partial charge in [0.25, 0.3) is 5.69 Å². The van der Waals surface area contributed by atoms with Crippen molar-refractivity contribution in [2.75, 3.05) is 6.26 Å². The minimum Gasteiger partial charge on any atom is -0.258 e. The van der Waals surface area contributed by atoms with Crippen molar-refractivity contribution < 1.29 is 4.92 Å². The molecule has 0 spiro atoms. The molecule has 0 aromatic heterocycles. The number of nitro benzene ring substituents is 1. The molecule has 12 heavy (non-hydrogen) atoms. The highest BCUT2D eigenvalue weighted by Crippen LogP contribution is 2.29. The maximum Gasteiger partial charge on any atom is 0.284 e. The van der Waals surface area contributed by atoms with Gasteiger partial charge in [0.05, 0.1) is 9.82 Å². The topological polar surface area (TPSA) is 43.1 Å². The van der Waals surface area contributed by atoms with E-state index >= 15 is 0 Å². The second kappa shape index (κ2) is 3.78. The molecule has 3 nitrogen and oxygen atoms in total. The van der Waals surface area contributed by atoms with Gasteiger partial charge >= 0.3 is 0 Å². The number of benzene rings is 1. The summed E-state index contributed by atoms with van der Waals surface area (Å²) in [5.41, 5.74) is 0.0648. The fraction of sp³-hybridized carbons (Fsp3) is 0.143. The third-order valence-electron chi connectivity index (χ3n) is 1.34. The van der Waals surface area contributed by atoms with E-state index in [9.17, 15) is 10.1 Å². The molecule has 0 unspecified atom stereocenters. The first kappa shape index (κ1) is 9.35. The van der Waals surface area contributed by atoms with E-state index in [0.717, 1.165) is 0 Å². The van der Waals surface area contributed by atoms with Crippen molar-refractivity contribution in [3.8, 4) is 0 Å². The van der Waals surface area contributed by atoms with Crippen LogP contribution in [-0.4, -0.2) is 11.2 Å². The molecule has 0 saturated carbocycles. The van der Waals surface area contributed by atoms with Crippen LogP contribution in [0.5, 0.6) is 0 Å². The average Bonchev–Trinajstić information content (AvgIpc) is 2.04. The number of halogens is 1. The first-order valence-electron chi connectivity index (χ1n) is 3.13. The lowest BCUT2D eigenvalue weighted by Gasteiger charge is -1.98. The van der Waals surface area contributed by atoms with Gasteiger partial charge in [-0.2, -0.15) is 0 Å². The highest BCUT2D eigenvalue weighted by Gasteiger charge is 2.12. The van der Waals surface area contributed by atoms with Crippen molar-refractivity contribution in [1.29, 1.82) is 0 Å². The summed E-state index contributed by atoms with van der Waals surface area (Å²) in [4.78, 5) is 10.7. The number of hydrogen-bond donors (Lipinski definition) is 0. The molecule has 64 valence electrons. The number of rotatable bonds is 2. The Morgan fingerprint density at radius 3 is 2.75 bits per heavy atom. The summed E-state index contributed by atoms with van der Waals surface area (Å²) in [5, 5.41) is 10.9. The summed E-state index contributed by atoms with van der Waals surface area (Å²) in [5.74, 6) is 0. The molecule has 5 heteroatoms. The molecule has 0 aliphatic heterocycles. The zero-order valence-corrected chi connectivity index (χ0v) is 7.85. The second-order valence-electron chi connectivity index (χ2n) is 2.07. The van der Waals surface area contributed by atoms with Gasteiger partial charge in [0, 0.05) is 11.1 Å². The number of thioether (sulfide) groups is 1. The minimum atomic E-state index is -0.433. The van der Waals surface area contributed by atoms with Gasteiger partial charge in [-0.05, 0) is 18.4 Å². The van der Waals surface area contributed by atoms with Crippen molar-refractivity contribution in [2.24, 2.45) is 0 Å². The van der Waals surface area contributed by atoms with Crippen LogP contribution in [-0.2, 0) is 0 Å². The van der Waals surface area contributed by atoms with E-state index in [0.29, 0.717) is 9.92 Å². The maximum absolute atomic E-state index is 10.5. The standard InChI is InChI=1S/C7H6ClNO2S/c1-12-7-3-2-5(8)4-6(7)9(10)11/h2-4H,1H3. The molecule has 0 aliphatic carbocycles. The van der Waals surface area contributed by atoms with Crippen molar-refractivity contribution in [3.63, 3.8) is 0 Å². The quantitative estimate of drug-likeness (QED) is 0.422. The summed E-state index contributed by atoms with van der Waals surface area (Å²) in [7, 11) is 0.